The average Bonchev–Trinajstić information content (AvgIpc) is 2.95. The minimum atomic E-state index is -0.255. The first-order chi connectivity index (χ1) is 8.69. The zero-order chi connectivity index (χ0) is 12.8. The van der Waals surface area contributed by atoms with Gasteiger partial charge in [-0.25, -0.2) is 4.39 Å². The lowest BCUT2D eigenvalue weighted by molar-refractivity contribution is 0.324. The molecular formula is C17H21F. The standard InChI is InChI=1S/C17H21F/c1-12-15(11-18)14-9-6-10-16(14)17(12,2)13-7-4-3-5-8-13/h3-5,7-8,14,16H,6,9-11H2,1-2H3/t14-,16-,17-/m1/s1. The largest absolute Gasteiger partial charge is 0.246 e. The van der Waals surface area contributed by atoms with E-state index in [0.29, 0.717) is 11.8 Å². The Hall–Kier alpha value is -1.11. The second-order valence-corrected chi connectivity index (χ2v) is 6.00. The minimum Gasteiger partial charge on any atom is -0.246 e. The molecule has 1 fully saturated rings. The Labute approximate surface area is 109 Å². The fraction of sp³-hybridized carbons (Fsp3) is 0.529. The molecule has 1 aromatic rings. The van der Waals surface area contributed by atoms with Gasteiger partial charge in [0.25, 0.3) is 0 Å². The summed E-state index contributed by atoms with van der Waals surface area (Å²) in [4.78, 5) is 0. The first-order valence-corrected chi connectivity index (χ1v) is 7.01. The Bertz CT molecular complexity index is 474. The molecule has 0 spiro atoms. The molecule has 1 aromatic carbocycles. The van der Waals surface area contributed by atoms with Crippen LogP contribution in [-0.4, -0.2) is 6.67 Å². The van der Waals surface area contributed by atoms with Crippen molar-refractivity contribution >= 4 is 0 Å². The van der Waals surface area contributed by atoms with E-state index >= 15 is 0 Å². The fourth-order valence-corrected chi connectivity index (χ4v) is 4.37. The summed E-state index contributed by atoms with van der Waals surface area (Å²) in [5.41, 5.74) is 3.82. The van der Waals surface area contributed by atoms with Crippen LogP contribution in [0.1, 0.15) is 38.7 Å². The van der Waals surface area contributed by atoms with E-state index in [1.165, 1.54) is 30.4 Å². The number of benzene rings is 1. The van der Waals surface area contributed by atoms with Crippen molar-refractivity contribution in [2.24, 2.45) is 11.8 Å². The normalized spacial score (nSPS) is 35.1. The highest BCUT2D eigenvalue weighted by Crippen LogP contribution is 2.58. The summed E-state index contributed by atoms with van der Waals surface area (Å²) in [6.45, 7) is 4.22. The van der Waals surface area contributed by atoms with Gasteiger partial charge in [0.2, 0.25) is 0 Å². The number of halogens is 1. The molecule has 0 bridgehead atoms. The van der Waals surface area contributed by atoms with E-state index in [1.807, 2.05) is 0 Å². The van der Waals surface area contributed by atoms with Crippen LogP contribution < -0.4 is 0 Å². The van der Waals surface area contributed by atoms with Crippen molar-refractivity contribution in [1.29, 1.82) is 0 Å². The first-order valence-electron chi connectivity index (χ1n) is 7.01. The molecule has 0 aliphatic heterocycles. The van der Waals surface area contributed by atoms with Crippen LogP contribution in [0.25, 0.3) is 0 Å². The van der Waals surface area contributed by atoms with Crippen molar-refractivity contribution in [3.63, 3.8) is 0 Å². The second kappa shape index (κ2) is 4.22. The Morgan fingerprint density at radius 1 is 1.22 bits per heavy atom. The number of hydrogen-bond acceptors (Lipinski definition) is 0. The first kappa shape index (κ1) is 12.0. The molecule has 0 N–H and O–H groups in total. The van der Waals surface area contributed by atoms with Crippen LogP contribution >= 0.6 is 0 Å². The van der Waals surface area contributed by atoms with Crippen LogP contribution in [0.15, 0.2) is 41.5 Å². The average molecular weight is 244 g/mol. The van der Waals surface area contributed by atoms with Gasteiger partial charge in [-0.2, -0.15) is 0 Å². The molecule has 0 amide bonds. The molecule has 0 unspecified atom stereocenters. The van der Waals surface area contributed by atoms with Gasteiger partial charge in [-0.15, -0.1) is 0 Å². The van der Waals surface area contributed by atoms with E-state index in [9.17, 15) is 4.39 Å². The van der Waals surface area contributed by atoms with Gasteiger partial charge in [0.1, 0.15) is 6.67 Å². The predicted molar refractivity (Wildman–Crippen MR) is 73.3 cm³/mol. The highest BCUT2D eigenvalue weighted by molar-refractivity contribution is 5.45. The van der Waals surface area contributed by atoms with Gasteiger partial charge in [-0.3, -0.25) is 0 Å². The van der Waals surface area contributed by atoms with E-state index in [0.717, 1.165) is 5.57 Å². The van der Waals surface area contributed by atoms with E-state index < -0.39 is 0 Å². The summed E-state index contributed by atoms with van der Waals surface area (Å²) in [7, 11) is 0. The Balaban J connectivity index is 2.13. The van der Waals surface area contributed by atoms with Crippen LogP contribution in [0.2, 0.25) is 0 Å². The second-order valence-electron chi connectivity index (χ2n) is 6.00. The summed E-state index contributed by atoms with van der Waals surface area (Å²) < 4.78 is 13.4. The number of hydrogen-bond donors (Lipinski definition) is 0. The zero-order valence-corrected chi connectivity index (χ0v) is 11.2. The van der Waals surface area contributed by atoms with Gasteiger partial charge in [0.15, 0.2) is 0 Å². The third-order valence-electron chi connectivity index (χ3n) is 5.48. The number of fused-ring (bicyclic) bond motifs is 1. The molecule has 0 nitrogen and oxygen atoms in total. The van der Waals surface area contributed by atoms with Crippen LogP contribution in [0.5, 0.6) is 0 Å². The van der Waals surface area contributed by atoms with Crippen molar-refractivity contribution < 1.29 is 4.39 Å². The summed E-state index contributed by atoms with van der Waals surface area (Å²) in [5.74, 6) is 1.12. The van der Waals surface area contributed by atoms with Crippen molar-refractivity contribution in [1.82, 2.24) is 0 Å². The smallest absolute Gasteiger partial charge is 0.111 e. The quantitative estimate of drug-likeness (QED) is 0.664. The number of alkyl halides is 1. The van der Waals surface area contributed by atoms with Gasteiger partial charge in [0, 0.05) is 5.41 Å². The van der Waals surface area contributed by atoms with Crippen LogP contribution in [0.3, 0.4) is 0 Å². The predicted octanol–water partition coefficient (Wildman–Crippen LogP) is 4.66. The topological polar surface area (TPSA) is 0 Å². The number of rotatable bonds is 2. The summed E-state index contributed by atoms with van der Waals surface area (Å²) in [6.07, 6.45) is 3.69. The zero-order valence-electron chi connectivity index (χ0n) is 11.2. The van der Waals surface area contributed by atoms with Gasteiger partial charge >= 0.3 is 0 Å². The van der Waals surface area contributed by atoms with Crippen LogP contribution in [0, 0.1) is 11.8 Å². The fourth-order valence-electron chi connectivity index (χ4n) is 4.37. The molecule has 3 rings (SSSR count). The lowest BCUT2D eigenvalue weighted by Crippen LogP contribution is -2.30. The molecule has 3 atom stereocenters. The maximum absolute atomic E-state index is 13.4. The Morgan fingerprint density at radius 2 is 1.94 bits per heavy atom. The Kier molecular flexibility index (Phi) is 2.80. The maximum atomic E-state index is 13.4. The molecule has 1 heteroatoms. The van der Waals surface area contributed by atoms with Crippen molar-refractivity contribution in [3.05, 3.63) is 47.0 Å². The Morgan fingerprint density at radius 3 is 2.61 bits per heavy atom. The van der Waals surface area contributed by atoms with Crippen molar-refractivity contribution in [3.8, 4) is 0 Å². The highest BCUT2D eigenvalue weighted by atomic mass is 19.1. The molecule has 18 heavy (non-hydrogen) atoms. The molecule has 0 radical (unpaired) electrons. The molecule has 2 aliphatic carbocycles. The molecule has 1 saturated carbocycles. The van der Waals surface area contributed by atoms with E-state index in [4.69, 9.17) is 0 Å². The van der Waals surface area contributed by atoms with Gasteiger partial charge in [0.05, 0.1) is 0 Å². The third kappa shape index (κ3) is 1.43. The maximum Gasteiger partial charge on any atom is 0.111 e. The van der Waals surface area contributed by atoms with E-state index in [-0.39, 0.29) is 12.1 Å². The lowest BCUT2D eigenvalue weighted by atomic mass is 9.69. The molecule has 0 saturated heterocycles. The summed E-state index contributed by atoms with van der Waals surface area (Å²) in [5, 5.41) is 0. The minimum absolute atomic E-state index is 0.0594. The number of allylic oxidation sites excluding steroid dienone is 2. The molecule has 0 aromatic heterocycles. The van der Waals surface area contributed by atoms with Crippen molar-refractivity contribution in [2.45, 2.75) is 38.5 Å². The molecule has 0 heterocycles. The monoisotopic (exact) mass is 244 g/mol. The van der Waals surface area contributed by atoms with Gasteiger partial charge < -0.3 is 0 Å². The molecular weight excluding hydrogens is 223 g/mol. The van der Waals surface area contributed by atoms with Crippen molar-refractivity contribution in [2.75, 3.05) is 6.67 Å². The van der Waals surface area contributed by atoms with Gasteiger partial charge in [-0.1, -0.05) is 49.2 Å². The van der Waals surface area contributed by atoms with E-state index in [2.05, 4.69) is 44.2 Å². The van der Waals surface area contributed by atoms with Gasteiger partial charge in [-0.05, 0) is 42.7 Å². The van der Waals surface area contributed by atoms with Crippen LogP contribution in [0.4, 0.5) is 4.39 Å². The lowest BCUT2D eigenvalue weighted by Gasteiger charge is -2.34. The summed E-state index contributed by atoms with van der Waals surface area (Å²) in [6, 6.07) is 10.7. The summed E-state index contributed by atoms with van der Waals surface area (Å²) >= 11 is 0. The van der Waals surface area contributed by atoms with Crippen LogP contribution in [-0.2, 0) is 5.41 Å². The highest BCUT2D eigenvalue weighted by Gasteiger charge is 2.51. The third-order valence-corrected chi connectivity index (χ3v) is 5.48. The molecule has 2 aliphatic rings. The SMILES string of the molecule is CC1=C(CF)[C@H]2CCC[C@H]2[C@@]1(C)c1ccccc1. The van der Waals surface area contributed by atoms with E-state index in [1.54, 1.807) is 0 Å². The molecule has 96 valence electrons.